The molecule has 1 saturated heterocycles. The standard InChI is InChI=1S/C26H30N6O/c1-19-9-11-21-23(18-19)29-25(32(27)26(21)33)8-4-5-13-30-14-16-31(17-15-30)24-12-10-20-6-2-3-7-22(20)28-24/h2-3,6-7,9-12,18H,4-5,8,13-17,27H2,1H3. The molecule has 33 heavy (non-hydrogen) atoms. The van der Waals surface area contributed by atoms with Crippen LogP contribution in [-0.4, -0.2) is 52.3 Å². The zero-order valence-corrected chi connectivity index (χ0v) is 19.1. The normalized spacial score (nSPS) is 14.9. The molecule has 2 N–H and O–H groups in total. The highest BCUT2D eigenvalue weighted by Gasteiger charge is 2.18. The summed E-state index contributed by atoms with van der Waals surface area (Å²) in [5, 5.41) is 1.75. The number of aryl methyl sites for hydroxylation is 2. The molecule has 0 saturated carbocycles. The lowest BCUT2D eigenvalue weighted by Crippen LogP contribution is -2.46. The molecule has 0 spiro atoms. The van der Waals surface area contributed by atoms with E-state index in [-0.39, 0.29) is 5.56 Å². The van der Waals surface area contributed by atoms with Crippen molar-refractivity contribution < 1.29 is 0 Å². The molecule has 0 unspecified atom stereocenters. The summed E-state index contributed by atoms with van der Waals surface area (Å²) in [6, 6.07) is 18.2. The number of rotatable bonds is 6. The number of nitrogens with two attached hydrogens (primary N) is 1. The Balaban J connectivity index is 1.13. The van der Waals surface area contributed by atoms with Crippen LogP contribution in [0.5, 0.6) is 0 Å². The number of fused-ring (bicyclic) bond motifs is 2. The van der Waals surface area contributed by atoms with Crippen LogP contribution in [0.3, 0.4) is 0 Å². The first-order chi connectivity index (χ1) is 16.1. The smallest absolute Gasteiger partial charge is 0.279 e. The summed E-state index contributed by atoms with van der Waals surface area (Å²) in [6.07, 6.45) is 2.71. The Labute approximate surface area is 193 Å². The maximum atomic E-state index is 12.5. The number of benzene rings is 2. The second-order valence-electron chi connectivity index (χ2n) is 8.87. The molecule has 0 amide bonds. The molecular formula is C26H30N6O. The van der Waals surface area contributed by atoms with Crippen molar-refractivity contribution in [2.45, 2.75) is 26.2 Å². The quantitative estimate of drug-likeness (QED) is 0.365. The second-order valence-corrected chi connectivity index (χ2v) is 8.87. The van der Waals surface area contributed by atoms with Crippen LogP contribution in [0.1, 0.15) is 24.2 Å². The maximum absolute atomic E-state index is 12.5. The topological polar surface area (TPSA) is 80.3 Å². The predicted octanol–water partition coefficient (Wildman–Crippen LogP) is 3.11. The van der Waals surface area contributed by atoms with Crippen LogP contribution >= 0.6 is 0 Å². The van der Waals surface area contributed by atoms with Crippen molar-refractivity contribution in [1.82, 2.24) is 19.5 Å². The van der Waals surface area contributed by atoms with E-state index in [1.54, 1.807) is 6.07 Å². The van der Waals surface area contributed by atoms with Crippen molar-refractivity contribution in [3.05, 3.63) is 76.3 Å². The molecule has 1 aliphatic rings. The molecule has 1 aliphatic heterocycles. The fourth-order valence-electron chi connectivity index (χ4n) is 4.58. The molecule has 1 fully saturated rings. The van der Waals surface area contributed by atoms with Crippen LogP contribution in [0.25, 0.3) is 21.8 Å². The van der Waals surface area contributed by atoms with E-state index < -0.39 is 0 Å². The van der Waals surface area contributed by atoms with Crippen LogP contribution in [0.4, 0.5) is 5.82 Å². The van der Waals surface area contributed by atoms with Gasteiger partial charge in [0.15, 0.2) is 0 Å². The van der Waals surface area contributed by atoms with Gasteiger partial charge in [-0.1, -0.05) is 24.3 Å². The molecule has 7 nitrogen and oxygen atoms in total. The van der Waals surface area contributed by atoms with Gasteiger partial charge in [-0.3, -0.25) is 9.69 Å². The third-order valence-corrected chi connectivity index (χ3v) is 6.53. The highest BCUT2D eigenvalue weighted by atomic mass is 16.1. The van der Waals surface area contributed by atoms with Crippen LogP contribution in [0.2, 0.25) is 0 Å². The van der Waals surface area contributed by atoms with Crippen LogP contribution in [0.15, 0.2) is 59.4 Å². The van der Waals surface area contributed by atoms with Gasteiger partial charge in [0.05, 0.1) is 16.4 Å². The van der Waals surface area contributed by atoms with E-state index in [2.05, 4.69) is 39.0 Å². The van der Waals surface area contributed by atoms with Crippen molar-refractivity contribution in [2.75, 3.05) is 43.5 Å². The Hall–Kier alpha value is -3.45. The van der Waals surface area contributed by atoms with Gasteiger partial charge in [0, 0.05) is 38.0 Å². The minimum atomic E-state index is -0.173. The first-order valence-electron chi connectivity index (χ1n) is 11.7. The highest BCUT2D eigenvalue weighted by Crippen LogP contribution is 2.19. The number of anilines is 1. The van der Waals surface area contributed by atoms with Gasteiger partial charge in [0.2, 0.25) is 0 Å². The molecule has 170 valence electrons. The van der Waals surface area contributed by atoms with Gasteiger partial charge in [-0.25, -0.2) is 14.6 Å². The van der Waals surface area contributed by atoms with E-state index in [4.69, 9.17) is 10.8 Å². The molecular weight excluding hydrogens is 412 g/mol. The van der Waals surface area contributed by atoms with Gasteiger partial charge in [0.1, 0.15) is 11.6 Å². The number of pyridine rings is 1. The van der Waals surface area contributed by atoms with Gasteiger partial charge in [-0.2, -0.15) is 0 Å². The summed E-state index contributed by atoms with van der Waals surface area (Å²) in [5.74, 6) is 7.76. The van der Waals surface area contributed by atoms with Gasteiger partial charge < -0.3 is 10.7 Å². The van der Waals surface area contributed by atoms with Crippen molar-refractivity contribution in [1.29, 1.82) is 0 Å². The molecule has 0 bridgehead atoms. The average Bonchev–Trinajstić information content (AvgIpc) is 2.84. The van der Waals surface area contributed by atoms with Crippen LogP contribution in [0, 0.1) is 6.92 Å². The lowest BCUT2D eigenvalue weighted by atomic mass is 10.1. The van der Waals surface area contributed by atoms with Crippen LogP contribution < -0.4 is 16.3 Å². The van der Waals surface area contributed by atoms with Gasteiger partial charge in [-0.05, 0) is 62.2 Å². The Morgan fingerprint density at radius 1 is 0.909 bits per heavy atom. The third-order valence-electron chi connectivity index (χ3n) is 6.53. The predicted molar refractivity (Wildman–Crippen MR) is 134 cm³/mol. The average molecular weight is 443 g/mol. The minimum Gasteiger partial charge on any atom is -0.354 e. The molecule has 2 aromatic heterocycles. The van der Waals surface area contributed by atoms with E-state index >= 15 is 0 Å². The molecule has 0 aliphatic carbocycles. The van der Waals surface area contributed by atoms with E-state index in [0.717, 1.165) is 68.0 Å². The van der Waals surface area contributed by atoms with Crippen molar-refractivity contribution in [3.63, 3.8) is 0 Å². The van der Waals surface area contributed by atoms with E-state index in [0.29, 0.717) is 17.6 Å². The lowest BCUT2D eigenvalue weighted by molar-refractivity contribution is 0.252. The number of hydrogen-bond acceptors (Lipinski definition) is 6. The van der Waals surface area contributed by atoms with E-state index in [1.165, 1.54) is 10.1 Å². The monoisotopic (exact) mass is 442 g/mol. The number of hydrogen-bond donors (Lipinski definition) is 1. The van der Waals surface area contributed by atoms with E-state index in [9.17, 15) is 4.79 Å². The van der Waals surface area contributed by atoms with Crippen molar-refractivity contribution in [2.24, 2.45) is 0 Å². The number of nitrogen functional groups attached to an aromatic ring is 1. The summed E-state index contributed by atoms with van der Waals surface area (Å²) in [7, 11) is 0. The summed E-state index contributed by atoms with van der Waals surface area (Å²) in [6.45, 7) is 7.08. The van der Waals surface area contributed by atoms with E-state index in [1.807, 2.05) is 31.2 Å². The number of piperazine rings is 1. The van der Waals surface area contributed by atoms with Crippen molar-refractivity contribution >= 4 is 27.6 Å². The summed E-state index contributed by atoms with van der Waals surface area (Å²) in [5.41, 5.74) is 2.70. The Bertz CT molecular complexity index is 1340. The first kappa shape index (κ1) is 21.4. The maximum Gasteiger partial charge on any atom is 0.279 e. The number of para-hydroxylation sites is 1. The molecule has 3 heterocycles. The Morgan fingerprint density at radius 3 is 2.58 bits per heavy atom. The Morgan fingerprint density at radius 2 is 1.73 bits per heavy atom. The SMILES string of the molecule is Cc1ccc2c(=O)n(N)c(CCCCN3CCN(c4ccc5ccccc5n4)CC3)nc2c1. The Kier molecular flexibility index (Phi) is 5.96. The first-order valence-corrected chi connectivity index (χ1v) is 11.7. The fraction of sp³-hybridized carbons (Fsp3) is 0.346. The summed E-state index contributed by atoms with van der Waals surface area (Å²) in [4.78, 5) is 26.9. The van der Waals surface area contributed by atoms with Gasteiger partial charge >= 0.3 is 0 Å². The van der Waals surface area contributed by atoms with Crippen LogP contribution in [-0.2, 0) is 6.42 Å². The molecule has 5 rings (SSSR count). The third kappa shape index (κ3) is 4.54. The largest absolute Gasteiger partial charge is 0.354 e. The molecule has 2 aromatic carbocycles. The van der Waals surface area contributed by atoms with Gasteiger partial charge in [-0.15, -0.1) is 0 Å². The summed E-state index contributed by atoms with van der Waals surface area (Å²) >= 11 is 0. The lowest BCUT2D eigenvalue weighted by Gasteiger charge is -2.35. The number of nitrogens with zero attached hydrogens (tertiary/aromatic N) is 5. The zero-order valence-electron chi connectivity index (χ0n) is 19.1. The fourth-order valence-corrected chi connectivity index (χ4v) is 4.58. The molecule has 0 radical (unpaired) electrons. The molecule has 4 aromatic rings. The second kappa shape index (κ2) is 9.19. The van der Waals surface area contributed by atoms with Gasteiger partial charge in [0.25, 0.3) is 5.56 Å². The molecule has 0 atom stereocenters. The van der Waals surface area contributed by atoms with Crippen molar-refractivity contribution in [3.8, 4) is 0 Å². The number of aromatic nitrogens is 3. The highest BCUT2D eigenvalue weighted by molar-refractivity contribution is 5.80. The summed E-state index contributed by atoms with van der Waals surface area (Å²) < 4.78 is 1.22. The molecule has 7 heteroatoms. The minimum absolute atomic E-state index is 0.173. The number of unbranched alkanes of at least 4 members (excludes halogenated alkanes) is 1. The zero-order chi connectivity index (χ0) is 22.8.